The summed E-state index contributed by atoms with van der Waals surface area (Å²) >= 11 is 0. The van der Waals surface area contributed by atoms with Crippen LogP contribution >= 0.6 is 0 Å². The van der Waals surface area contributed by atoms with E-state index in [1.165, 1.54) is 0 Å². The van der Waals surface area contributed by atoms with E-state index in [0.717, 1.165) is 4.68 Å². The van der Waals surface area contributed by atoms with Crippen molar-refractivity contribution < 1.29 is 14.3 Å². The molecule has 0 aliphatic carbocycles. The molecular formula is C16H13N3O4. The van der Waals surface area contributed by atoms with Gasteiger partial charge in [0.1, 0.15) is 11.3 Å². The summed E-state index contributed by atoms with van der Waals surface area (Å²) in [6.07, 6.45) is 0. The highest BCUT2D eigenvalue weighted by atomic mass is 16.6. The molecule has 0 radical (unpaired) electrons. The van der Waals surface area contributed by atoms with Crippen LogP contribution in [0.2, 0.25) is 0 Å². The van der Waals surface area contributed by atoms with Crippen LogP contribution in [0.4, 0.5) is 0 Å². The van der Waals surface area contributed by atoms with Gasteiger partial charge in [-0.05, 0) is 24.3 Å². The molecule has 0 aliphatic rings. The first-order valence-electron chi connectivity index (χ1n) is 6.90. The minimum absolute atomic E-state index is 0.250. The monoisotopic (exact) mass is 311 g/mol. The van der Waals surface area contributed by atoms with E-state index < -0.39 is 5.97 Å². The van der Waals surface area contributed by atoms with Gasteiger partial charge in [0.05, 0.1) is 5.39 Å². The van der Waals surface area contributed by atoms with E-state index in [4.69, 9.17) is 9.47 Å². The van der Waals surface area contributed by atoms with Crippen LogP contribution in [0.1, 0.15) is 0 Å². The van der Waals surface area contributed by atoms with Crippen molar-refractivity contribution in [1.82, 2.24) is 15.0 Å². The van der Waals surface area contributed by atoms with Gasteiger partial charge in [-0.15, -0.1) is 5.10 Å². The molecule has 0 saturated heterocycles. The van der Waals surface area contributed by atoms with Crippen molar-refractivity contribution in [2.24, 2.45) is 0 Å². The van der Waals surface area contributed by atoms with Crippen LogP contribution < -0.4 is 10.3 Å². The highest BCUT2D eigenvalue weighted by Crippen LogP contribution is 2.08. The fraction of sp³-hybridized carbons (Fsp3) is 0.125. The van der Waals surface area contributed by atoms with Crippen molar-refractivity contribution in [3.05, 3.63) is 65.0 Å². The molecule has 0 atom stereocenters. The first kappa shape index (κ1) is 14.7. The van der Waals surface area contributed by atoms with E-state index in [2.05, 4.69) is 10.3 Å². The van der Waals surface area contributed by atoms with Gasteiger partial charge >= 0.3 is 5.97 Å². The molecule has 2 aromatic carbocycles. The lowest BCUT2D eigenvalue weighted by atomic mass is 10.2. The van der Waals surface area contributed by atoms with Crippen molar-refractivity contribution in [1.29, 1.82) is 0 Å². The Labute approximate surface area is 131 Å². The predicted octanol–water partition coefficient (Wildman–Crippen LogP) is 1.37. The van der Waals surface area contributed by atoms with Gasteiger partial charge in [0.25, 0.3) is 5.56 Å². The molecule has 3 aromatic rings. The van der Waals surface area contributed by atoms with Crippen molar-refractivity contribution >= 4 is 16.9 Å². The van der Waals surface area contributed by atoms with Crippen LogP contribution in [-0.4, -0.2) is 27.6 Å². The Bertz CT molecular complexity index is 877. The van der Waals surface area contributed by atoms with Gasteiger partial charge in [0, 0.05) is 0 Å². The predicted molar refractivity (Wildman–Crippen MR) is 81.8 cm³/mol. The van der Waals surface area contributed by atoms with Gasteiger partial charge in [0.15, 0.2) is 13.3 Å². The molecule has 7 heteroatoms. The van der Waals surface area contributed by atoms with Gasteiger partial charge in [0.2, 0.25) is 0 Å². The molecule has 0 aliphatic heterocycles. The second-order valence-electron chi connectivity index (χ2n) is 4.66. The normalized spacial score (nSPS) is 10.4. The number of esters is 1. The first-order chi connectivity index (χ1) is 11.2. The zero-order chi connectivity index (χ0) is 16.1. The van der Waals surface area contributed by atoms with Crippen molar-refractivity contribution in [3.8, 4) is 5.75 Å². The minimum Gasteiger partial charge on any atom is -0.482 e. The third-order valence-electron chi connectivity index (χ3n) is 3.08. The van der Waals surface area contributed by atoms with Crippen LogP contribution in [-0.2, 0) is 16.3 Å². The standard InChI is InChI=1S/C16H13N3O4/c20-15(10-22-12-6-2-1-3-7-12)23-11-19-16(21)13-8-4-5-9-14(13)17-18-19/h1-9H,10-11H2. The summed E-state index contributed by atoms with van der Waals surface area (Å²) in [5, 5.41) is 8.05. The van der Waals surface area contributed by atoms with Gasteiger partial charge in [-0.2, -0.15) is 4.68 Å². The van der Waals surface area contributed by atoms with Gasteiger partial charge in [-0.3, -0.25) is 4.79 Å². The average Bonchev–Trinajstić information content (AvgIpc) is 2.60. The molecule has 0 N–H and O–H groups in total. The number of carbonyl (C=O) groups excluding carboxylic acids is 1. The van der Waals surface area contributed by atoms with E-state index in [0.29, 0.717) is 16.7 Å². The molecule has 0 fully saturated rings. The van der Waals surface area contributed by atoms with Crippen LogP contribution in [0.25, 0.3) is 10.9 Å². The third-order valence-corrected chi connectivity index (χ3v) is 3.08. The number of carbonyl (C=O) groups is 1. The number of rotatable bonds is 5. The molecule has 0 saturated carbocycles. The lowest BCUT2D eigenvalue weighted by Crippen LogP contribution is -2.27. The fourth-order valence-corrected chi connectivity index (χ4v) is 1.94. The molecule has 3 rings (SSSR count). The number of aromatic nitrogens is 3. The first-order valence-corrected chi connectivity index (χ1v) is 6.90. The Balaban J connectivity index is 1.61. The number of fused-ring (bicyclic) bond motifs is 1. The maximum Gasteiger partial charge on any atom is 0.345 e. The molecule has 0 unspecified atom stereocenters. The summed E-state index contributed by atoms with van der Waals surface area (Å²) in [5.74, 6) is -0.0391. The Morgan fingerprint density at radius 2 is 1.78 bits per heavy atom. The second kappa shape index (κ2) is 6.69. The summed E-state index contributed by atoms with van der Waals surface area (Å²) in [5.41, 5.74) is 0.125. The molecule has 23 heavy (non-hydrogen) atoms. The smallest absolute Gasteiger partial charge is 0.345 e. The molecule has 0 amide bonds. The van der Waals surface area contributed by atoms with Crippen LogP contribution in [0, 0.1) is 0 Å². The van der Waals surface area contributed by atoms with Gasteiger partial charge in [-0.25, -0.2) is 4.79 Å². The van der Waals surface area contributed by atoms with E-state index >= 15 is 0 Å². The Morgan fingerprint density at radius 3 is 2.61 bits per heavy atom. The lowest BCUT2D eigenvalue weighted by Gasteiger charge is -2.07. The zero-order valence-electron chi connectivity index (χ0n) is 12.1. The molecular weight excluding hydrogens is 298 g/mol. The summed E-state index contributed by atoms with van der Waals surface area (Å²) in [7, 11) is 0. The summed E-state index contributed by atoms with van der Waals surface area (Å²) < 4.78 is 11.2. The number of hydrogen-bond acceptors (Lipinski definition) is 6. The molecule has 0 spiro atoms. The number of para-hydroxylation sites is 1. The Kier molecular flexibility index (Phi) is 4.28. The second-order valence-corrected chi connectivity index (χ2v) is 4.66. The Morgan fingerprint density at radius 1 is 1.04 bits per heavy atom. The van der Waals surface area contributed by atoms with Crippen molar-refractivity contribution in [3.63, 3.8) is 0 Å². The average molecular weight is 311 g/mol. The fourth-order valence-electron chi connectivity index (χ4n) is 1.94. The van der Waals surface area contributed by atoms with Gasteiger partial charge < -0.3 is 9.47 Å². The maximum atomic E-state index is 12.2. The molecule has 1 aromatic heterocycles. The van der Waals surface area contributed by atoms with E-state index in [9.17, 15) is 9.59 Å². The van der Waals surface area contributed by atoms with E-state index in [-0.39, 0.29) is 18.9 Å². The maximum absolute atomic E-state index is 12.2. The van der Waals surface area contributed by atoms with Crippen molar-refractivity contribution in [2.45, 2.75) is 6.73 Å². The van der Waals surface area contributed by atoms with Crippen LogP contribution in [0.3, 0.4) is 0 Å². The number of nitrogens with zero attached hydrogens (tertiary/aromatic N) is 3. The minimum atomic E-state index is -0.601. The van der Waals surface area contributed by atoms with Crippen molar-refractivity contribution in [2.75, 3.05) is 6.61 Å². The number of benzene rings is 2. The largest absolute Gasteiger partial charge is 0.482 e. The molecule has 7 nitrogen and oxygen atoms in total. The SMILES string of the molecule is O=C(COc1ccccc1)OCn1nnc2ccccc2c1=O. The van der Waals surface area contributed by atoms with Gasteiger partial charge in [-0.1, -0.05) is 35.5 Å². The molecule has 0 bridgehead atoms. The zero-order valence-corrected chi connectivity index (χ0v) is 12.1. The highest BCUT2D eigenvalue weighted by molar-refractivity contribution is 5.76. The quantitative estimate of drug-likeness (QED) is 0.662. The van der Waals surface area contributed by atoms with Crippen LogP contribution in [0.15, 0.2) is 59.4 Å². The summed E-state index contributed by atoms with van der Waals surface area (Å²) in [6, 6.07) is 15.7. The molecule has 116 valence electrons. The Hall–Kier alpha value is -3.22. The summed E-state index contributed by atoms with van der Waals surface area (Å²) in [6.45, 7) is -0.562. The number of ether oxygens (including phenoxy) is 2. The van der Waals surface area contributed by atoms with E-state index in [1.54, 1.807) is 48.5 Å². The third kappa shape index (κ3) is 3.52. The number of hydrogen-bond donors (Lipinski definition) is 0. The highest BCUT2D eigenvalue weighted by Gasteiger charge is 2.08. The topological polar surface area (TPSA) is 83.3 Å². The van der Waals surface area contributed by atoms with Crippen LogP contribution in [0.5, 0.6) is 5.75 Å². The summed E-state index contributed by atoms with van der Waals surface area (Å²) in [4.78, 5) is 23.8. The van der Waals surface area contributed by atoms with E-state index in [1.807, 2.05) is 6.07 Å². The lowest BCUT2D eigenvalue weighted by molar-refractivity contribution is -0.150. The molecule has 1 heterocycles.